The second kappa shape index (κ2) is 12.8. The van der Waals surface area contributed by atoms with Gasteiger partial charge in [-0.3, -0.25) is 0 Å². The minimum atomic E-state index is -0.433. The Morgan fingerprint density at radius 3 is 2.02 bits per heavy atom. The quantitative estimate of drug-likeness (QED) is 0.156. The van der Waals surface area contributed by atoms with E-state index in [9.17, 15) is 0 Å². The summed E-state index contributed by atoms with van der Waals surface area (Å²) in [5, 5.41) is 2.35. The van der Waals surface area contributed by atoms with E-state index in [-0.39, 0.29) is 21.1 Å². The van der Waals surface area contributed by atoms with Crippen LogP contribution in [-0.4, -0.2) is 9.55 Å². The molecule has 5 heteroatoms. The Balaban J connectivity index is 0.00000361. The third-order valence-electron chi connectivity index (χ3n) is 9.70. The van der Waals surface area contributed by atoms with Gasteiger partial charge in [0.15, 0.2) is 0 Å². The van der Waals surface area contributed by atoms with Crippen molar-refractivity contribution in [3.05, 3.63) is 188 Å². The van der Waals surface area contributed by atoms with Crippen LogP contribution in [0.3, 0.4) is 0 Å². The maximum atomic E-state index is 4.74. The fourth-order valence-corrected chi connectivity index (χ4v) is 7.04. The standard InChI is InChI=1S/C45H33N4.Pt/c1-45(2,34-24-25-39-38-19-9-10-20-40(38)49(43(39)30-34)44-23-13-14-26-46-44)35-27-33(32-15-5-3-6-16-32)28-37(29-35)48-31-47(36-17-7-4-8-18-36)41-21-11-12-22-42(41)48;/h3-28,31H,1-2H3;/q-3;. The van der Waals surface area contributed by atoms with Gasteiger partial charge in [-0.2, -0.15) is 41.5 Å². The zero-order chi connectivity index (χ0) is 33.0. The number of rotatable bonds is 6. The van der Waals surface area contributed by atoms with Crippen LogP contribution in [0.25, 0.3) is 38.8 Å². The number of benzene rings is 6. The van der Waals surface area contributed by atoms with Crippen molar-refractivity contribution >= 4 is 44.6 Å². The molecule has 0 radical (unpaired) electrons. The van der Waals surface area contributed by atoms with Crippen LogP contribution >= 0.6 is 0 Å². The Morgan fingerprint density at radius 2 is 1.26 bits per heavy atom. The summed E-state index contributed by atoms with van der Waals surface area (Å²) in [5.74, 6) is 0.881. The first-order chi connectivity index (χ1) is 24.1. The molecular weight excluding hydrogens is 792 g/mol. The molecule has 50 heavy (non-hydrogen) atoms. The summed E-state index contributed by atoms with van der Waals surface area (Å²) in [7, 11) is 0. The number of nitrogens with zero attached hydrogens (tertiary/aromatic N) is 4. The summed E-state index contributed by atoms with van der Waals surface area (Å²) in [6.45, 7) is 6.74. The van der Waals surface area contributed by atoms with Gasteiger partial charge in [-0.25, -0.2) is 4.98 Å². The maximum Gasteiger partial charge on any atom is 0.135 e. The predicted octanol–water partition coefficient (Wildman–Crippen LogP) is 11.2. The number of aromatic nitrogens is 2. The van der Waals surface area contributed by atoms with Crippen LogP contribution in [-0.2, 0) is 26.5 Å². The molecule has 0 saturated heterocycles. The molecule has 9 rings (SSSR count). The molecule has 0 atom stereocenters. The molecule has 1 aliphatic heterocycles. The molecule has 6 aromatic carbocycles. The Morgan fingerprint density at radius 1 is 0.580 bits per heavy atom. The Bertz CT molecular complexity index is 2450. The molecule has 0 saturated carbocycles. The topological polar surface area (TPSA) is 24.3 Å². The molecule has 0 unspecified atom stereocenters. The van der Waals surface area contributed by atoms with Crippen molar-refractivity contribution < 1.29 is 21.1 Å². The average molecular weight is 825 g/mol. The first-order valence-corrected chi connectivity index (χ1v) is 16.6. The van der Waals surface area contributed by atoms with E-state index in [2.05, 4.69) is 187 Å². The van der Waals surface area contributed by atoms with Crippen LogP contribution in [0.15, 0.2) is 158 Å². The summed E-state index contributed by atoms with van der Waals surface area (Å²) in [6.07, 6.45) is 1.85. The van der Waals surface area contributed by atoms with Crippen molar-refractivity contribution in [3.63, 3.8) is 0 Å². The van der Waals surface area contributed by atoms with Crippen molar-refractivity contribution in [1.29, 1.82) is 0 Å². The predicted molar refractivity (Wildman–Crippen MR) is 202 cm³/mol. The summed E-state index contributed by atoms with van der Waals surface area (Å²) in [6, 6.07) is 61.1. The second-order valence-corrected chi connectivity index (χ2v) is 13.0. The molecule has 246 valence electrons. The Labute approximate surface area is 307 Å². The van der Waals surface area contributed by atoms with E-state index in [1.807, 2.05) is 18.3 Å². The number of hydrogen-bond donors (Lipinski definition) is 0. The van der Waals surface area contributed by atoms with Crippen LogP contribution in [0.1, 0.15) is 25.0 Å². The van der Waals surface area contributed by atoms with Gasteiger partial charge < -0.3 is 14.4 Å². The van der Waals surface area contributed by atoms with Gasteiger partial charge in [0.25, 0.3) is 0 Å². The largest absolute Gasteiger partial charge is 0.493 e. The van der Waals surface area contributed by atoms with E-state index in [4.69, 9.17) is 4.98 Å². The number of para-hydroxylation sites is 4. The molecule has 0 bridgehead atoms. The van der Waals surface area contributed by atoms with Gasteiger partial charge in [-0.15, -0.1) is 29.4 Å². The molecule has 0 amide bonds. The van der Waals surface area contributed by atoms with E-state index < -0.39 is 5.41 Å². The van der Waals surface area contributed by atoms with Gasteiger partial charge in [-0.1, -0.05) is 104 Å². The smallest absolute Gasteiger partial charge is 0.135 e. The van der Waals surface area contributed by atoms with Gasteiger partial charge in [-0.05, 0) is 58.8 Å². The Hall–Kier alpha value is -5.44. The number of fused-ring (bicyclic) bond motifs is 4. The number of anilines is 4. The van der Waals surface area contributed by atoms with Gasteiger partial charge in [0.2, 0.25) is 0 Å². The molecular formula is C45H33N4Pt-3. The second-order valence-electron chi connectivity index (χ2n) is 13.0. The van der Waals surface area contributed by atoms with Crippen LogP contribution in [0.5, 0.6) is 0 Å². The van der Waals surface area contributed by atoms with E-state index in [1.54, 1.807) is 0 Å². The molecule has 0 spiro atoms. The first-order valence-electron chi connectivity index (χ1n) is 16.6. The van der Waals surface area contributed by atoms with E-state index >= 15 is 0 Å². The average Bonchev–Trinajstić information content (AvgIpc) is 3.72. The summed E-state index contributed by atoms with van der Waals surface area (Å²) in [5.41, 5.74) is 10.5. The summed E-state index contributed by atoms with van der Waals surface area (Å²) < 4.78 is 2.23. The number of hydrogen-bond acceptors (Lipinski definition) is 3. The van der Waals surface area contributed by atoms with Gasteiger partial charge in [0, 0.05) is 49.8 Å². The zero-order valence-electron chi connectivity index (χ0n) is 27.7. The van der Waals surface area contributed by atoms with Gasteiger partial charge in [0.1, 0.15) is 5.82 Å². The van der Waals surface area contributed by atoms with Crippen molar-refractivity contribution in [2.45, 2.75) is 19.3 Å². The molecule has 8 aromatic rings. The number of pyridine rings is 1. The van der Waals surface area contributed by atoms with Crippen LogP contribution in [0.4, 0.5) is 22.7 Å². The van der Waals surface area contributed by atoms with E-state index in [1.165, 1.54) is 5.39 Å². The molecule has 0 aliphatic carbocycles. The van der Waals surface area contributed by atoms with Crippen LogP contribution in [0, 0.1) is 18.8 Å². The van der Waals surface area contributed by atoms with E-state index in [0.717, 1.165) is 67.2 Å². The zero-order valence-corrected chi connectivity index (χ0v) is 30.0. The molecule has 0 N–H and O–H groups in total. The fraction of sp³-hybridized carbons (Fsp3) is 0.0667. The van der Waals surface area contributed by atoms with Crippen molar-refractivity contribution in [2.75, 3.05) is 9.80 Å². The molecule has 2 aromatic heterocycles. The third-order valence-corrected chi connectivity index (χ3v) is 9.70. The minimum Gasteiger partial charge on any atom is -0.493 e. The molecule has 0 fully saturated rings. The van der Waals surface area contributed by atoms with Crippen LogP contribution in [0.2, 0.25) is 0 Å². The Kier molecular flexibility index (Phi) is 8.13. The van der Waals surface area contributed by atoms with Crippen molar-refractivity contribution in [2.24, 2.45) is 0 Å². The SMILES string of the molecule is CC(C)(c1[c-]c2c(cc1)c1ccccc1n2-c1ccccn1)c1[c-]c(N2[CH-]N(c3ccccc3)c3ccccc32)cc(-c2ccccc2)c1.[Pt]. The maximum absolute atomic E-state index is 4.74. The van der Waals surface area contributed by atoms with Crippen molar-refractivity contribution in [3.8, 4) is 16.9 Å². The normalized spacial score (nSPS) is 12.7. The molecule has 3 heterocycles. The summed E-state index contributed by atoms with van der Waals surface area (Å²) >= 11 is 0. The van der Waals surface area contributed by atoms with Gasteiger partial charge in [0.05, 0.1) is 0 Å². The van der Waals surface area contributed by atoms with Crippen molar-refractivity contribution in [1.82, 2.24) is 9.55 Å². The van der Waals surface area contributed by atoms with Gasteiger partial charge >= 0.3 is 0 Å². The third kappa shape index (κ3) is 5.32. The monoisotopic (exact) mass is 824 g/mol. The molecule has 1 aliphatic rings. The summed E-state index contributed by atoms with van der Waals surface area (Å²) in [4.78, 5) is 9.26. The van der Waals surface area contributed by atoms with E-state index in [0.29, 0.717) is 0 Å². The molecule has 4 nitrogen and oxygen atoms in total. The first kappa shape index (κ1) is 31.8. The minimum absolute atomic E-state index is 0. The van der Waals surface area contributed by atoms with Crippen LogP contribution < -0.4 is 9.80 Å². The fourth-order valence-electron chi connectivity index (χ4n) is 7.04.